The van der Waals surface area contributed by atoms with Crippen LogP contribution in [-0.2, 0) is 0 Å². The van der Waals surface area contributed by atoms with E-state index < -0.39 is 0 Å². The van der Waals surface area contributed by atoms with E-state index >= 15 is 0 Å². The zero-order valence-electron chi connectivity index (χ0n) is 11.0. The normalized spacial score (nSPS) is 22.7. The van der Waals surface area contributed by atoms with Crippen LogP contribution < -0.4 is 16.4 Å². The van der Waals surface area contributed by atoms with E-state index in [9.17, 15) is 4.79 Å². The van der Waals surface area contributed by atoms with Gasteiger partial charge in [0.25, 0.3) is 5.91 Å². The third kappa shape index (κ3) is 2.93. The quantitative estimate of drug-likeness (QED) is 0.781. The molecule has 0 atom stereocenters. The number of carbonyl (C=O) groups excluding carboxylic acids is 1. The summed E-state index contributed by atoms with van der Waals surface area (Å²) in [6.07, 6.45) is 2.11. The van der Waals surface area contributed by atoms with Gasteiger partial charge in [0.2, 0.25) is 0 Å². The van der Waals surface area contributed by atoms with E-state index in [-0.39, 0.29) is 11.9 Å². The van der Waals surface area contributed by atoms with Crippen LogP contribution in [0.2, 0.25) is 0 Å². The third-order valence-electron chi connectivity index (χ3n) is 2.98. The van der Waals surface area contributed by atoms with Crippen molar-refractivity contribution < 1.29 is 4.79 Å². The predicted octanol–water partition coefficient (Wildman–Crippen LogP) is 2.07. The Labute approximate surface area is 111 Å². The molecule has 1 fully saturated rings. The Kier molecular flexibility index (Phi) is 3.75. The molecule has 1 saturated carbocycles. The van der Waals surface area contributed by atoms with Crippen LogP contribution in [0.25, 0.3) is 0 Å². The fourth-order valence-electron chi connectivity index (χ4n) is 2.07. The molecular formula is C12H20N4OS. The Morgan fingerprint density at radius 2 is 2.17 bits per heavy atom. The molecule has 1 aliphatic carbocycles. The van der Waals surface area contributed by atoms with Gasteiger partial charge < -0.3 is 16.4 Å². The van der Waals surface area contributed by atoms with Crippen molar-refractivity contribution >= 4 is 28.2 Å². The highest BCUT2D eigenvalue weighted by Gasteiger charge is 2.28. The van der Waals surface area contributed by atoms with E-state index in [2.05, 4.69) is 22.5 Å². The molecule has 18 heavy (non-hydrogen) atoms. The van der Waals surface area contributed by atoms with Crippen LogP contribution in [0.4, 0.5) is 10.9 Å². The lowest BCUT2D eigenvalue weighted by molar-refractivity contribution is 0.0901. The number of anilines is 2. The number of hydrogen-bond donors (Lipinski definition) is 3. The van der Waals surface area contributed by atoms with Crippen LogP contribution in [-0.4, -0.2) is 23.0 Å². The van der Waals surface area contributed by atoms with Gasteiger partial charge in [-0.1, -0.05) is 18.3 Å². The summed E-state index contributed by atoms with van der Waals surface area (Å²) in [5, 5.41) is 6.85. The van der Waals surface area contributed by atoms with Crippen LogP contribution >= 0.6 is 11.3 Å². The smallest absolute Gasteiger partial charge is 0.265 e. The molecule has 4 N–H and O–H groups in total. The molecule has 2 rings (SSSR count). The maximum absolute atomic E-state index is 12.0. The molecule has 0 radical (unpaired) electrons. The maximum Gasteiger partial charge on any atom is 0.265 e. The van der Waals surface area contributed by atoms with Gasteiger partial charge in [0.15, 0.2) is 5.13 Å². The summed E-state index contributed by atoms with van der Waals surface area (Å²) in [5.74, 6) is 0.930. The Balaban J connectivity index is 1.99. The minimum Gasteiger partial charge on any atom is -0.382 e. The molecule has 1 aromatic heterocycles. The topological polar surface area (TPSA) is 80.0 Å². The number of rotatable bonds is 4. The van der Waals surface area contributed by atoms with Gasteiger partial charge >= 0.3 is 0 Å². The highest BCUT2D eigenvalue weighted by Crippen LogP contribution is 2.29. The first-order valence-electron chi connectivity index (χ1n) is 6.29. The van der Waals surface area contributed by atoms with Gasteiger partial charge in [-0.2, -0.15) is 0 Å². The molecule has 1 heterocycles. The Morgan fingerprint density at radius 1 is 1.50 bits per heavy atom. The first kappa shape index (κ1) is 13.1. The Hall–Kier alpha value is -1.30. The molecule has 0 aliphatic heterocycles. The number of amides is 1. The van der Waals surface area contributed by atoms with Crippen LogP contribution in [0.5, 0.6) is 0 Å². The second-order valence-electron chi connectivity index (χ2n) is 5.28. The highest BCUT2D eigenvalue weighted by atomic mass is 32.1. The van der Waals surface area contributed by atoms with Crippen molar-refractivity contribution in [1.29, 1.82) is 0 Å². The van der Waals surface area contributed by atoms with Gasteiger partial charge in [-0.3, -0.25) is 4.79 Å². The lowest BCUT2D eigenvalue weighted by Gasteiger charge is -2.33. The summed E-state index contributed by atoms with van der Waals surface area (Å²) in [6, 6.07) is 0.578. The van der Waals surface area contributed by atoms with E-state index in [0.29, 0.717) is 27.8 Å². The minimum absolute atomic E-state index is 0.0984. The number of thiazole rings is 1. The minimum atomic E-state index is -0.0984. The molecule has 0 bridgehead atoms. The number of nitrogens with one attached hydrogen (secondary N) is 2. The van der Waals surface area contributed by atoms with E-state index in [1.54, 1.807) is 0 Å². The Morgan fingerprint density at radius 3 is 2.72 bits per heavy atom. The van der Waals surface area contributed by atoms with Crippen LogP contribution in [0.15, 0.2) is 0 Å². The number of nitrogens with two attached hydrogens (primary N) is 1. The fourth-order valence-corrected chi connectivity index (χ4v) is 3.01. The molecule has 6 heteroatoms. The van der Waals surface area contributed by atoms with Crippen molar-refractivity contribution in [2.75, 3.05) is 11.1 Å². The van der Waals surface area contributed by atoms with Gasteiger partial charge in [0.1, 0.15) is 10.7 Å². The molecule has 0 saturated heterocycles. The average Bonchev–Trinajstić information content (AvgIpc) is 2.56. The first-order chi connectivity index (χ1) is 8.45. The molecule has 5 nitrogen and oxygen atoms in total. The van der Waals surface area contributed by atoms with Crippen LogP contribution in [0.1, 0.15) is 43.3 Å². The SMILES string of the molecule is CC1CC(NC(=O)c2sc(NC(C)C)nc2N)C1. The summed E-state index contributed by atoms with van der Waals surface area (Å²) in [6.45, 7) is 6.23. The molecule has 1 aromatic rings. The zero-order valence-corrected chi connectivity index (χ0v) is 11.8. The average molecular weight is 268 g/mol. The maximum atomic E-state index is 12.0. The predicted molar refractivity (Wildman–Crippen MR) is 74.9 cm³/mol. The number of aromatic nitrogens is 1. The fraction of sp³-hybridized carbons (Fsp3) is 0.667. The number of hydrogen-bond acceptors (Lipinski definition) is 5. The van der Waals surface area contributed by atoms with E-state index in [1.807, 2.05) is 13.8 Å². The van der Waals surface area contributed by atoms with Crippen molar-refractivity contribution in [2.45, 2.75) is 45.7 Å². The zero-order chi connectivity index (χ0) is 13.3. The van der Waals surface area contributed by atoms with Crippen LogP contribution in [0.3, 0.4) is 0 Å². The van der Waals surface area contributed by atoms with Crippen molar-refractivity contribution in [3.05, 3.63) is 4.88 Å². The summed E-state index contributed by atoms with van der Waals surface area (Å²) in [5.41, 5.74) is 5.78. The molecule has 1 amide bonds. The van der Waals surface area contributed by atoms with Crippen molar-refractivity contribution in [1.82, 2.24) is 10.3 Å². The monoisotopic (exact) mass is 268 g/mol. The van der Waals surface area contributed by atoms with E-state index in [1.165, 1.54) is 11.3 Å². The first-order valence-corrected chi connectivity index (χ1v) is 7.11. The van der Waals surface area contributed by atoms with Gasteiger partial charge in [0.05, 0.1) is 0 Å². The summed E-state index contributed by atoms with van der Waals surface area (Å²) in [7, 11) is 0. The molecule has 100 valence electrons. The molecule has 1 aliphatic rings. The van der Waals surface area contributed by atoms with Crippen molar-refractivity contribution in [2.24, 2.45) is 5.92 Å². The van der Waals surface area contributed by atoms with Gasteiger partial charge in [-0.15, -0.1) is 0 Å². The lowest BCUT2D eigenvalue weighted by Crippen LogP contribution is -2.43. The van der Waals surface area contributed by atoms with Crippen molar-refractivity contribution in [3.8, 4) is 0 Å². The summed E-state index contributed by atoms with van der Waals surface area (Å²) < 4.78 is 0. The second-order valence-corrected chi connectivity index (χ2v) is 6.28. The highest BCUT2D eigenvalue weighted by molar-refractivity contribution is 7.18. The molecule has 0 spiro atoms. The van der Waals surface area contributed by atoms with Gasteiger partial charge in [0, 0.05) is 12.1 Å². The van der Waals surface area contributed by atoms with Gasteiger partial charge in [-0.05, 0) is 32.6 Å². The summed E-state index contributed by atoms with van der Waals surface area (Å²) >= 11 is 1.31. The number of carbonyl (C=O) groups is 1. The second kappa shape index (κ2) is 5.14. The van der Waals surface area contributed by atoms with E-state index in [4.69, 9.17) is 5.73 Å². The number of nitrogen functional groups attached to an aromatic ring is 1. The van der Waals surface area contributed by atoms with Crippen LogP contribution in [0, 0.1) is 5.92 Å². The molecular weight excluding hydrogens is 248 g/mol. The van der Waals surface area contributed by atoms with Gasteiger partial charge in [-0.25, -0.2) is 4.98 Å². The summed E-state index contributed by atoms with van der Waals surface area (Å²) in [4.78, 5) is 16.7. The standard InChI is InChI=1S/C12H20N4OS/c1-6(2)14-12-16-10(13)9(18-12)11(17)15-8-4-7(3)5-8/h6-8H,4-5,13H2,1-3H3,(H,14,16)(H,15,17). The molecule has 0 aromatic carbocycles. The number of nitrogens with zero attached hydrogens (tertiary/aromatic N) is 1. The van der Waals surface area contributed by atoms with Crippen molar-refractivity contribution in [3.63, 3.8) is 0 Å². The Bertz CT molecular complexity index is 437. The largest absolute Gasteiger partial charge is 0.382 e. The lowest BCUT2D eigenvalue weighted by atomic mass is 9.82. The van der Waals surface area contributed by atoms with E-state index in [0.717, 1.165) is 12.8 Å². The molecule has 0 unspecified atom stereocenters. The third-order valence-corrected chi connectivity index (χ3v) is 3.98.